The lowest BCUT2D eigenvalue weighted by atomic mass is 10.0. The van der Waals surface area contributed by atoms with Crippen molar-refractivity contribution < 1.29 is 23.5 Å². The Balaban J connectivity index is 1.81. The lowest BCUT2D eigenvalue weighted by Crippen LogP contribution is -2.37. The number of hydrogen-bond donors (Lipinski definition) is 1. The molecule has 1 aliphatic carbocycles. The van der Waals surface area contributed by atoms with Crippen LogP contribution in [0.1, 0.15) is 62.4 Å². The van der Waals surface area contributed by atoms with Crippen molar-refractivity contribution in [3.05, 3.63) is 46.7 Å². The van der Waals surface area contributed by atoms with Crippen molar-refractivity contribution in [1.82, 2.24) is 9.88 Å². The first-order chi connectivity index (χ1) is 12.9. The molecule has 1 amide bonds. The van der Waals surface area contributed by atoms with Crippen molar-refractivity contribution in [3.63, 3.8) is 0 Å². The number of aromatic nitrogens is 1. The fourth-order valence-electron chi connectivity index (χ4n) is 3.22. The van der Waals surface area contributed by atoms with E-state index < -0.39 is 5.97 Å². The van der Waals surface area contributed by atoms with E-state index in [0.717, 1.165) is 12.8 Å². The second-order valence-corrected chi connectivity index (χ2v) is 6.87. The number of esters is 1. The number of carbonyl (C=O) groups excluding carboxylic acids is 3. The summed E-state index contributed by atoms with van der Waals surface area (Å²) < 4.78 is 10.2. The van der Waals surface area contributed by atoms with Gasteiger partial charge in [-0.2, -0.15) is 0 Å². The Morgan fingerprint density at radius 2 is 2.04 bits per heavy atom. The number of ketones is 1. The SMILES string of the molecule is CCOC(=O)c1[nH]c(C)c(C(=O)CN(CC2CC2)C(=O)c2ccco2)c1C. The number of H-pyrrole nitrogens is 1. The number of nitrogens with one attached hydrogen (secondary N) is 1. The van der Waals surface area contributed by atoms with Crippen LogP contribution in [0.25, 0.3) is 0 Å². The Hall–Kier alpha value is -2.83. The van der Waals surface area contributed by atoms with Gasteiger partial charge in [0.1, 0.15) is 5.69 Å². The normalized spacial score (nSPS) is 13.4. The van der Waals surface area contributed by atoms with Gasteiger partial charge in [0.15, 0.2) is 11.5 Å². The summed E-state index contributed by atoms with van der Waals surface area (Å²) in [5, 5.41) is 0. The number of aromatic amines is 1. The maximum atomic E-state index is 13.0. The molecule has 0 aliphatic heterocycles. The van der Waals surface area contributed by atoms with Crippen LogP contribution in [0.3, 0.4) is 0 Å². The van der Waals surface area contributed by atoms with E-state index in [4.69, 9.17) is 9.15 Å². The van der Waals surface area contributed by atoms with Gasteiger partial charge in [0.2, 0.25) is 0 Å². The van der Waals surface area contributed by atoms with Crippen LogP contribution in [-0.2, 0) is 4.74 Å². The number of hydrogen-bond acceptors (Lipinski definition) is 5. The van der Waals surface area contributed by atoms with E-state index in [0.29, 0.717) is 29.3 Å². The van der Waals surface area contributed by atoms with Gasteiger partial charge in [-0.25, -0.2) is 4.79 Å². The monoisotopic (exact) mass is 372 g/mol. The third-order valence-electron chi connectivity index (χ3n) is 4.73. The fourth-order valence-corrected chi connectivity index (χ4v) is 3.22. The molecule has 2 aromatic rings. The third kappa shape index (κ3) is 4.13. The zero-order chi connectivity index (χ0) is 19.6. The zero-order valence-electron chi connectivity index (χ0n) is 15.8. The Morgan fingerprint density at radius 3 is 2.63 bits per heavy atom. The molecule has 2 aromatic heterocycles. The highest BCUT2D eigenvalue weighted by Crippen LogP contribution is 2.30. The van der Waals surface area contributed by atoms with Gasteiger partial charge in [-0.3, -0.25) is 9.59 Å². The van der Waals surface area contributed by atoms with Gasteiger partial charge in [-0.1, -0.05) is 0 Å². The average Bonchev–Trinajstić information content (AvgIpc) is 3.16. The molecule has 0 aromatic carbocycles. The number of Topliss-reactive ketones (excluding diaryl/α,β-unsaturated/α-hetero) is 1. The molecule has 1 aliphatic rings. The molecule has 7 heteroatoms. The first-order valence-electron chi connectivity index (χ1n) is 9.14. The molecule has 0 saturated heterocycles. The summed E-state index contributed by atoms with van der Waals surface area (Å²) in [7, 11) is 0. The summed E-state index contributed by atoms with van der Waals surface area (Å²) in [4.78, 5) is 42.2. The molecule has 1 N–H and O–H groups in total. The molecule has 0 spiro atoms. The highest BCUT2D eigenvalue weighted by atomic mass is 16.5. The van der Waals surface area contributed by atoms with Crippen molar-refractivity contribution >= 4 is 17.7 Å². The Kier molecular flexibility index (Phi) is 5.48. The molecule has 27 heavy (non-hydrogen) atoms. The van der Waals surface area contributed by atoms with Crippen LogP contribution >= 0.6 is 0 Å². The topological polar surface area (TPSA) is 92.6 Å². The predicted molar refractivity (Wildman–Crippen MR) is 97.9 cm³/mol. The van der Waals surface area contributed by atoms with Crippen LogP contribution in [0.5, 0.6) is 0 Å². The second kappa shape index (κ2) is 7.82. The number of aryl methyl sites for hydroxylation is 1. The highest BCUT2D eigenvalue weighted by molar-refractivity contribution is 6.05. The van der Waals surface area contributed by atoms with E-state index in [2.05, 4.69) is 4.98 Å². The molecule has 2 heterocycles. The van der Waals surface area contributed by atoms with Gasteiger partial charge in [0, 0.05) is 17.8 Å². The summed E-state index contributed by atoms with van der Waals surface area (Å²) in [5.74, 6) is -0.342. The molecule has 144 valence electrons. The Morgan fingerprint density at radius 1 is 1.30 bits per heavy atom. The first kappa shape index (κ1) is 18.9. The summed E-state index contributed by atoms with van der Waals surface area (Å²) >= 11 is 0. The van der Waals surface area contributed by atoms with Gasteiger partial charge >= 0.3 is 5.97 Å². The van der Waals surface area contributed by atoms with Crippen molar-refractivity contribution in [2.24, 2.45) is 5.92 Å². The van der Waals surface area contributed by atoms with E-state index in [1.54, 1.807) is 32.9 Å². The van der Waals surface area contributed by atoms with Crippen LogP contribution in [0.4, 0.5) is 0 Å². The lowest BCUT2D eigenvalue weighted by molar-refractivity contribution is 0.0519. The summed E-state index contributed by atoms with van der Waals surface area (Å²) in [5.41, 5.74) is 1.86. The molecule has 0 atom stereocenters. The minimum atomic E-state index is -0.487. The van der Waals surface area contributed by atoms with Gasteiger partial charge < -0.3 is 19.0 Å². The number of carbonyl (C=O) groups is 3. The van der Waals surface area contributed by atoms with Crippen LogP contribution in [-0.4, -0.2) is 47.2 Å². The molecule has 0 unspecified atom stereocenters. The lowest BCUT2D eigenvalue weighted by Gasteiger charge is -2.21. The van der Waals surface area contributed by atoms with Crippen LogP contribution in [0.2, 0.25) is 0 Å². The molecule has 1 saturated carbocycles. The van der Waals surface area contributed by atoms with Crippen LogP contribution in [0, 0.1) is 19.8 Å². The summed E-state index contributed by atoms with van der Waals surface area (Å²) in [6, 6.07) is 3.24. The van der Waals surface area contributed by atoms with E-state index in [1.807, 2.05) is 0 Å². The van der Waals surface area contributed by atoms with Crippen LogP contribution < -0.4 is 0 Å². The fraction of sp³-hybridized carbons (Fsp3) is 0.450. The summed E-state index contributed by atoms with van der Waals surface area (Å²) in [6.07, 6.45) is 3.56. The van der Waals surface area contributed by atoms with Crippen LogP contribution in [0.15, 0.2) is 22.8 Å². The van der Waals surface area contributed by atoms with Crippen molar-refractivity contribution in [3.8, 4) is 0 Å². The second-order valence-electron chi connectivity index (χ2n) is 6.87. The molecule has 1 fully saturated rings. The number of amides is 1. The van der Waals surface area contributed by atoms with E-state index in [-0.39, 0.29) is 36.3 Å². The molecule has 0 radical (unpaired) electrons. The molecular weight excluding hydrogens is 348 g/mol. The summed E-state index contributed by atoms with van der Waals surface area (Å²) in [6.45, 7) is 5.90. The average molecular weight is 372 g/mol. The Bertz CT molecular complexity index is 846. The minimum Gasteiger partial charge on any atom is -0.461 e. The molecule has 0 bridgehead atoms. The van der Waals surface area contributed by atoms with Crippen molar-refractivity contribution in [1.29, 1.82) is 0 Å². The maximum absolute atomic E-state index is 13.0. The number of rotatable bonds is 8. The molecule has 7 nitrogen and oxygen atoms in total. The van der Waals surface area contributed by atoms with E-state index in [1.165, 1.54) is 11.2 Å². The zero-order valence-corrected chi connectivity index (χ0v) is 15.8. The van der Waals surface area contributed by atoms with E-state index in [9.17, 15) is 14.4 Å². The van der Waals surface area contributed by atoms with E-state index >= 15 is 0 Å². The molecule has 3 rings (SSSR count). The number of nitrogens with zero attached hydrogens (tertiary/aromatic N) is 1. The predicted octanol–water partition coefficient (Wildman–Crippen LogP) is 3.14. The number of furan rings is 1. The van der Waals surface area contributed by atoms with Crippen molar-refractivity contribution in [2.75, 3.05) is 19.7 Å². The van der Waals surface area contributed by atoms with Gasteiger partial charge in [-0.15, -0.1) is 0 Å². The minimum absolute atomic E-state index is 0.0577. The Labute approximate surface area is 157 Å². The van der Waals surface area contributed by atoms with Gasteiger partial charge in [-0.05, 0) is 57.2 Å². The van der Waals surface area contributed by atoms with Gasteiger partial charge in [0.25, 0.3) is 5.91 Å². The largest absolute Gasteiger partial charge is 0.461 e. The maximum Gasteiger partial charge on any atom is 0.355 e. The third-order valence-corrected chi connectivity index (χ3v) is 4.73. The highest BCUT2D eigenvalue weighted by Gasteiger charge is 2.31. The van der Waals surface area contributed by atoms with Gasteiger partial charge in [0.05, 0.1) is 19.4 Å². The molecular formula is C20H24N2O5. The standard InChI is InChI=1S/C20H24N2O5/c1-4-26-20(25)18-12(2)17(13(3)21-18)15(23)11-22(10-14-7-8-14)19(24)16-6-5-9-27-16/h5-6,9,14,21H,4,7-8,10-11H2,1-3H3. The number of ether oxygens (including phenoxy) is 1. The first-order valence-corrected chi connectivity index (χ1v) is 9.14. The smallest absolute Gasteiger partial charge is 0.355 e. The van der Waals surface area contributed by atoms with Crippen molar-refractivity contribution in [2.45, 2.75) is 33.6 Å². The quantitative estimate of drug-likeness (QED) is 0.568.